The molecule has 4 atom stereocenters. The second-order valence-electron chi connectivity index (χ2n) is 10.2. The van der Waals surface area contributed by atoms with Crippen LogP contribution in [0.1, 0.15) is 20.7 Å². The summed E-state index contributed by atoms with van der Waals surface area (Å²) in [6.07, 6.45) is 0. The lowest BCUT2D eigenvalue weighted by Crippen LogP contribution is -2.61. The number of carbonyl (C=O) groups is 2. The summed E-state index contributed by atoms with van der Waals surface area (Å²) in [5.41, 5.74) is 1.52. The molecule has 36 heavy (non-hydrogen) atoms. The van der Waals surface area contributed by atoms with Gasteiger partial charge in [0.1, 0.15) is 16.8 Å². The van der Waals surface area contributed by atoms with Gasteiger partial charge in [0.05, 0.1) is 19.3 Å². The highest BCUT2D eigenvalue weighted by molar-refractivity contribution is 6.01. The first-order valence-electron chi connectivity index (χ1n) is 12.1. The van der Waals surface area contributed by atoms with E-state index in [1.54, 1.807) is 36.3 Å². The summed E-state index contributed by atoms with van der Waals surface area (Å²) in [4.78, 5) is 30.2. The maximum Gasteiger partial charge on any atom is 0.254 e. The van der Waals surface area contributed by atoms with Gasteiger partial charge < -0.3 is 19.6 Å². The summed E-state index contributed by atoms with van der Waals surface area (Å²) in [6.45, 7) is 1.83. The van der Waals surface area contributed by atoms with Gasteiger partial charge in [0.2, 0.25) is 0 Å². The number of amides is 2. The predicted octanol–water partition coefficient (Wildman–Crippen LogP) is 2.32. The number of carbonyl (C=O) groups excluding carboxylic acids is 2. The molecule has 1 saturated carbocycles. The molecule has 0 spiro atoms. The van der Waals surface area contributed by atoms with Crippen molar-refractivity contribution in [1.82, 2.24) is 25.2 Å². The monoisotopic (exact) mass is 483 g/mol. The number of H-pyrrole nitrogens is 1. The third-order valence-corrected chi connectivity index (χ3v) is 8.46. The maximum atomic E-state index is 13.5. The van der Waals surface area contributed by atoms with Crippen molar-refractivity contribution in [1.29, 1.82) is 0 Å². The molecule has 3 fully saturated rings. The van der Waals surface area contributed by atoms with Gasteiger partial charge in [0.15, 0.2) is 0 Å². The Labute approximate surface area is 206 Å². The lowest BCUT2D eigenvalue weighted by molar-refractivity contribution is -0.145. The number of aliphatic hydroxyl groups is 1. The molecule has 1 aliphatic carbocycles. The van der Waals surface area contributed by atoms with Gasteiger partial charge in [-0.2, -0.15) is 15.4 Å². The average molecular weight is 484 g/mol. The van der Waals surface area contributed by atoms with E-state index in [9.17, 15) is 14.7 Å². The van der Waals surface area contributed by atoms with Gasteiger partial charge in [-0.1, -0.05) is 24.3 Å². The Bertz CT molecular complexity index is 1550. The average Bonchev–Trinajstić information content (AvgIpc) is 3.61. The Morgan fingerprint density at radius 2 is 1.69 bits per heavy atom. The van der Waals surface area contributed by atoms with Gasteiger partial charge in [-0.3, -0.25) is 9.59 Å². The third kappa shape index (κ3) is 2.92. The molecule has 2 unspecified atom stereocenters. The SMILES string of the molecule is COc1cc(C(=O)N2CC3[C@H]4CN(C(=O)c5ccc6n[nH]nc6c5)C[C@H]4C3(O)C2)cc2ccccc12. The number of hydrogen-bond donors (Lipinski definition) is 2. The van der Waals surface area contributed by atoms with Crippen molar-refractivity contribution in [3.63, 3.8) is 0 Å². The van der Waals surface area contributed by atoms with Crippen molar-refractivity contribution >= 4 is 33.6 Å². The Balaban J connectivity index is 1.09. The number of rotatable bonds is 3. The van der Waals surface area contributed by atoms with Crippen LogP contribution >= 0.6 is 0 Å². The summed E-state index contributed by atoms with van der Waals surface area (Å²) in [5, 5.41) is 24.1. The standard InChI is InChI=1S/C27H25N5O4/c1-36-24-10-17(8-15-4-2-3-5-18(15)24)26(34)32-13-21-19-11-31(12-20(19)27(21,35)14-32)25(33)16-6-7-22-23(9-16)29-30-28-22/h2-10,19-21,35H,11-14H2,1H3,(H,28,29,30)/t19-,20+,21?,27?/m0/s1. The minimum atomic E-state index is -0.966. The van der Waals surface area contributed by atoms with E-state index in [1.807, 2.05) is 35.2 Å². The molecule has 2 saturated heterocycles. The van der Waals surface area contributed by atoms with Gasteiger partial charge in [-0.05, 0) is 41.6 Å². The molecular formula is C27H25N5O4. The van der Waals surface area contributed by atoms with E-state index in [1.165, 1.54) is 0 Å². The van der Waals surface area contributed by atoms with E-state index in [0.29, 0.717) is 47.5 Å². The summed E-state index contributed by atoms with van der Waals surface area (Å²) in [5.74, 6) is 0.600. The summed E-state index contributed by atoms with van der Waals surface area (Å²) < 4.78 is 5.54. The molecule has 7 rings (SSSR count). The van der Waals surface area contributed by atoms with E-state index >= 15 is 0 Å². The number of ether oxygens (including phenoxy) is 1. The summed E-state index contributed by atoms with van der Waals surface area (Å²) in [7, 11) is 1.60. The number of benzene rings is 3. The van der Waals surface area contributed by atoms with Crippen molar-refractivity contribution in [2.24, 2.45) is 17.8 Å². The van der Waals surface area contributed by atoms with Crippen LogP contribution in [0.25, 0.3) is 21.8 Å². The molecule has 0 bridgehead atoms. The van der Waals surface area contributed by atoms with Crippen LogP contribution in [0, 0.1) is 17.8 Å². The first-order chi connectivity index (χ1) is 17.5. The number of methoxy groups -OCH3 is 1. The van der Waals surface area contributed by atoms with E-state index in [4.69, 9.17) is 4.74 Å². The fourth-order valence-electron chi connectivity index (χ4n) is 6.66. The molecule has 182 valence electrons. The smallest absolute Gasteiger partial charge is 0.254 e. The maximum absolute atomic E-state index is 13.5. The zero-order valence-corrected chi connectivity index (χ0v) is 19.7. The first kappa shape index (κ1) is 21.3. The zero-order valence-electron chi connectivity index (χ0n) is 19.7. The van der Waals surface area contributed by atoms with Crippen LogP contribution in [0.3, 0.4) is 0 Å². The number of likely N-dealkylation sites (tertiary alicyclic amines) is 2. The van der Waals surface area contributed by atoms with Gasteiger partial charge in [-0.25, -0.2) is 0 Å². The fourth-order valence-corrected chi connectivity index (χ4v) is 6.66. The molecule has 0 radical (unpaired) electrons. The highest BCUT2D eigenvalue weighted by atomic mass is 16.5. The van der Waals surface area contributed by atoms with Crippen LogP contribution in [0.5, 0.6) is 5.75 Å². The van der Waals surface area contributed by atoms with E-state index in [-0.39, 0.29) is 36.1 Å². The molecule has 3 heterocycles. The molecule has 2 aliphatic heterocycles. The fraction of sp³-hybridized carbons (Fsp3) is 0.333. The van der Waals surface area contributed by atoms with Gasteiger partial charge in [0, 0.05) is 48.0 Å². The molecule has 4 aromatic rings. The summed E-state index contributed by atoms with van der Waals surface area (Å²) >= 11 is 0. The van der Waals surface area contributed by atoms with Crippen LogP contribution in [-0.2, 0) is 0 Å². The van der Waals surface area contributed by atoms with Gasteiger partial charge in [0.25, 0.3) is 11.8 Å². The Morgan fingerprint density at radius 3 is 2.53 bits per heavy atom. The van der Waals surface area contributed by atoms with Crippen molar-refractivity contribution in [3.8, 4) is 5.75 Å². The number of nitrogens with one attached hydrogen (secondary N) is 1. The van der Waals surface area contributed by atoms with Gasteiger partial charge >= 0.3 is 0 Å². The van der Waals surface area contributed by atoms with Gasteiger partial charge in [-0.15, -0.1) is 0 Å². The second kappa shape index (κ2) is 7.51. The zero-order chi connectivity index (χ0) is 24.6. The highest BCUT2D eigenvalue weighted by Gasteiger charge is 2.68. The molecule has 3 aromatic carbocycles. The van der Waals surface area contributed by atoms with Crippen LogP contribution in [0.15, 0.2) is 54.6 Å². The van der Waals surface area contributed by atoms with E-state index in [0.717, 1.165) is 10.8 Å². The number of nitrogens with zero attached hydrogens (tertiary/aromatic N) is 4. The van der Waals surface area contributed by atoms with Crippen molar-refractivity contribution in [3.05, 3.63) is 65.7 Å². The molecule has 2 amide bonds. The summed E-state index contributed by atoms with van der Waals surface area (Å²) in [6, 6.07) is 16.8. The second-order valence-corrected chi connectivity index (χ2v) is 10.2. The topological polar surface area (TPSA) is 112 Å². The molecule has 1 aromatic heterocycles. The first-order valence-corrected chi connectivity index (χ1v) is 12.1. The Hall–Kier alpha value is -3.98. The Morgan fingerprint density at radius 1 is 0.944 bits per heavy atom. The number of β-amino-alcohol motifs (C(OH)–C–C–N with tert-alkyl or cyclic N) is 1. The largest absolute Gasteiger partial charge is 0.496 e. The lowest BCUT2D eigenvalue weighted by Gasteiger charge is -2.50. The minimum absolute atomic E-state index is 0.0360. The molecule has 9 heteroatoms. The highest BCUT2D eigenvalue weighted by Crippen LogP contribution is 2.57. The lowest BCUT2D eigenvalue weighted by atomic mass is 9.56. The number of aromatic nitrogens is 3. The normalized spacial score (nSPS) is 26.7. The van der Waals surface area contributed by atoms with Crippen LogP contribution in [0.2, 0.25) is 0 Å². The number of aromatic amines is 1. The quantitative estimate of drug-likeness (QED) is 0.463. The molecule has 9 nitrogen and oxygen atoms in total. The molecule has 2 N–H and O–H groups in total. The minimum Gasteiger partial charge on any atom is -0.496 e. The number of hydrogen-bond acceptors (Lipinski definition) is 6. The van der Waals surface area contributed by atoms with Crippen molar-refractivity contribution < 1.29 is 19.4 Å². The number of fused-ring (bicyclic) bond motifs is 6. The van der Waals surface area contributed by atoms with Crippen LogP contribution in [0.4, 0.5) is 0 Å². The van der Waals surface area contributed by atoms with Crippen LogP contribution < -0.4 is 4.74 Å². The predicted molar refractivity (Wildman–Crippen MR) is 132 cm³/mol. The van der Waals surface area contributed by atoms with Crippen molar-refractivity contribution in [2.75, 3.05) is 33.3 Å². The van der Waals surface area contributed by atoms with Crippen LogP contribution in [-0.4, -0.2) is 81.0 Å². The Kier molecular flexibility index (Phi) is 4.45. The third-order valence-electron chi connectivity index (χ3n) is 8.46. The molecule has 3 aliphatic rings. The van der Waals surface area contributed by atoms with E-state index in [2.05, 4.69) is 15.4 Å². The van der Waals surface area contributed by atoms with E-state index < -0.39 is 5.60 Å². The molecular weight excluding hydrogens is 458 g/mol. The van der Waals surface area contributed by atoms with Crippen molar-refractivity contribution in [2.45, 2.75) is 5.60 Å².